The lowest BCUT2D eigenvalue weighted by Crippen LogP contribution is -2.24. The molecule has 1 N–H and O–H groups in total. The summed E-state index contributed by atoms with van der Waals surface area (Å²) in [6.45, 7) is 0. The smallest absolute Gasteiger partial charge is 0.124 e. The Morgan fingerprint density at radius 3 is 2.60 bits per heavy atom. The lowest BCUT2D eigenvalue weighted by molar-refractivity contribution is 0.346. The minimum atomic E-state index is -0.138. The van der Waals surface area contributed by atoms with Crippen molar-refractivity contribution in [2.45, 2.75) is 44.6 Å². The highest BCUT2D eigenvalue weighted by Gasteiger charge is 2.24. The van der Waals surface area contributed by atoms with Gasteiger partial charge in [-0.2, -0.15) is 0 Å². The van der Waals surface area contributed by atoms with Crippen LogP contribution in [-0.2, 0) is 0 Å². The summed E-state index contributed by atoms with van der Waals surface area (Å²) in [6.07, 6.45) is 8.09. The first-order chi connectivity index (χ1) is 9.78. The third kappa shape index (κ3) is 2.89. The van der Waals surface area contributed by atoms with E-state index in [2.05, 4.69) is 18.4 Å². The van der Waals surface area contributed by atoms with Crippen LogP contribution in [0, 0.1) is 11.7 Å². The van der Waals surface area contributed by atoms with Crippen LogP contribution in [0.25, 0.3) is 10.1 Å². The zero-order valence-electron chi connectivity index (χ0n) is 12.0. The summed E-state index contributed by atoms with van der Waals surface area (Å²) >= 11 is 1.74. The Bertz CT molecular complexity index is 569. The topological polar surface area (TPSA) is 12.0 Å². The number of nitrogens with one attached hydrogen (secondary N) is 1. The quantitative estimate of drug-likeness (QED) is 0.759. The van der Waals surface area contributed by atoms with Crippen LogP contribution in [-0.4, -0.2) is 7.05 Å². The number of thiophene rings is 1. The van der Waals surface area contributed by atoms with E-state index in [1.807, 2.05) is 6.07 Å². The Kier molecular flexibility index (Phi) is 4.37. The number of halogens is 1. The molecule has 0 spiro atoms. The predicted molar refractivity (Wildman–Crippen MR) is 84.8 cm³/mol. The fraction of sp³-hybridized carbons (Fsp3) is 0.529. The summed E-state index contributed by atoms with van der Waals surface area (Å²) < 4.78 is 14.4. The van der Waals surface area contributed by atoms with Gasteiger partial charge in [0.05, 0.1) is 0 Å². The summed E-state index contributed by atoms with van der Waals surface area (Å²) in [5.41, 5.74) is 0. The van der Waals surface area contributed by atoms with Crippen molar-refractivity contribution in [2.24, 2.45) is 5.92 Å². The lowest BCUT2D eigenvalue weighted by Gasteiger charge is -2.24. The molecule has 1 atom stereocenters. The van der Waals surface area contributed by atoms with Gasteiger partial charge in [0.15, 0.2) is 0 Å². The van der Waals surface area contributed by atoms with Crippen molar-refractivity contribution in [1.82, 2.24) is 5.32 Å². The van der Waals surface area contributed by atoms with Gasteiger partial charge < -0.3 is 5.32 Å². The van der Waals surface area contributed by atoms with Gasteiger partial charge >= 0.3 is 0 Å². The summed E-state index contributed by atoms with van der Waals surface area (Å²) in [6, 6.07) is 7.77. The van der Waals surface area contributed by atoms with E-state index in [1.165, 1.54) is 48.8 Å². The van der Waals surface area contributed by atoms with Crippen LogP contribution in [0.2, 0.25) is 0 Å². The molecule has 3 rings (SSSR count). The molecule has 2 aromatic rings. The van der Waals surface area contributed by atoms with Gasteiger partial charge in [-0.05, 0) is 49.4 Å². The van der Waals surface area contributed by atoms with Crippen LogP contribution >= 0.6 is 11.3 Å². The van der Waals surface area contributed by atoms with E-state index in [4.69, 9.17) is 0 Å². The van der Waals surface area contributed by atoms with Gasteiger partial charge in [-0.3, -0.25) is 0 Å². The maximum Gasteiger partial charge on any atom is 0.124 e. The molecule has 20 heavy (non-hydrogen) atoms. The zero-order valence-corrected chi connectivity index (χ0v) is 12.8. The Morgan fingerprint density at radius 2 is 1.90 bits per heavy atom. The molecule has 1 fully saturated rings. The third-order valence-corrected chi connectivity index (χ3v) is 5.67. The highest BCUT2D eigenvalue weighted by atomic mass is 32.1. The third-order valence-electron chi connectivity index (χ3n) is 4.49. The van der Waals surface area contributed by atoms with Crippen LogP contribution < -0.4 is 5.32 Å². The predicted octanol–water partition coefficient (Wildman–Crippen LogP) is 5.27. The first-order valence-electron chi connectivity index (χ1n) is 7.64. The average Bonchev–Trinajstić information content (AvgIpc) is 2.67. The SMILES string of the molecule is CNC(c1cc2ccc(F)cc2s1)C1CCCCCC1. The van der Waals surface area contributed by atoms with E-state index >= 15 is 0 Å². The molecule has 1 saturated carbocycles. The van der Waals surface area contributed by atoms with E-state index in [0.29, 0.717) is 6.04 Å². The van der Waals surface area contributed by atoms with Crippen molar-refractivity contribution in [1.29, 1.82) is 0 Å². The molecule has 0 radical (unpaired) electrons. The van der Waals surface area contributed by atoms with E-state index < -0.39 is 0 Å². The second-order valence-corrected chi connectivity index (χ2v) is 6.96. The molecule has 1 unspecified atom stereocenters. The van der Waals surface area contributed by atoms with Crippen LogP contribution in [0.5, 0.6) is 0 Å². The Hall–Kier alpha value is -0.930. The van der Waals surface area contributed by atoms with Crippen molar-refractivity contribution >= 4 is 21.4 Å². The first-order valence-corrected chi connectivity index (χ1v) is 8.46. The molecule has 108 valence electrons. The van der Waals surface area contributed by atoms with Gasteiger partial charge in [-0.1, -0.05) is 31.7 Å². The van der Waals surface area contributed by atoms with Gasteiger partial charge in [0.1, 0.15) is 5.82 Å². The Labute approximate surface area is 124 Å². The maximum atomic E-state index is 13.3. The molecular formula is C17H22FNS. The standard InChI is InChI=1S/C17H22FNS/c1-19-17(12-6-4-2-3-5-7-12)16-10-13-8-9-14(18)11-15(13)20-16/h8-12,17,19H,2-7H2,1H3. The van der Waals surface area contributed by atoms with E-state index in [9.17, 15) is 4.39 Å². The maximum absolute atomic E-state index is 13.3. The molecule has 3 heteroatoms. The Morgan fingerprint density at radius 1 is 1.15 bits per heavy atom. The van der Waals surface area contributed by atoms with E-state index in [1.54, 1.807) is 23.5 Å². The second-order valence-electron chi connectivity index (χ2n) is 5.85. The summed E-state index contributed by atoms with van der Waals surface area (Å²) in [4.78, 5) is 1.36. The molecule has 1 nitrogen and oxygen atoms in total. The number of hydrogen-bond donors (Lipinski definition) is 1. The van der Waals surface area contributed by atoms with Crippen LogP contribution in [0.4, 0.5) is 4.39 Å². The molecular weight excluding hydrogens is 269 g/mol. The summed E-state index contributed by atoms with van der Waals surface area (Å²) in [7, 11) is 2.06. The normalized spacial score (nSPS) is 19.1. The molecule has 1 heterocycles. The molecule has 1 aliphatic rings. The largest absolute Gasteiger partial charge is 0.312 e. The fourth-order valence-electron chi connectivity index (χ4n) is 3.43. The van der Waals surface area contributed by atoms with Crippen molar-refractivity contribution in [2.75, 3.05) is 7.05 Å². The number of benzene rings is 1. The summed E-state index contributed by atoms with van der Waals surface area (Å²) in [5.74, 6) is 0.585. The average molecular weight is 291 g/mol. The van der Waals surface area contributed by atoms with Gasteiger partial charge in [-0.25, -0.2) is 4.39 Å². The molecule has 0 saturated heterocycles. The van der Waals surface area contributed by atoms with Crippen LogP contribution in [0.1, 0.15) is 49.4 Å². The minimum absolute atomic E-state index is 0.138. The van der Waals surface area contributed by atoms with Crippen molar-refractivity contribution in [3.8, 4) is 0 Å². The monoisotopic (exact) mass is 291 g/mol. The molecule has 1 aromatic carbocycles. The molecule has 1 aliphatic carbocycles. The zero-order chi connectivity index (χ0) is 13.9. The first kappa shape index (κ1) is 14.0. The fourth-order valence-corrected chi connectivity index (χ4v) is 4.73. The highest BCUT2D eigenvalue weighted by molar-refractivity contribution is 7.19. The highest BCUT2D eigenvalue weighted by Crippen LogP contribution is 2.38. The van der Waals surface area contributed by atoms with Crippen molar-refractivity contribution < 1.29 is 4.39 Å². The van der Waals surface area contributed by atoms with E-state index in [0.717, 1.165) is 10.6 Å². The minimum Gasteiger partial charge on any atom is -0.312 e. The number of hydrogen-bond acceptors (Lipinski definition) is 2. The van der Waals surface area contributed by atoms with Crippen LogP contribution in [0.3, 0.4) is 0 Å². The second kappa shape index (κ2) is 6.23. The Balaban J connectivity index is 1.89. The van der Waals surface area contributed by atoms with Gasteiger partial charge in [0.25, 0.3) is 0 Å². The van der Waals surface area contributed by atoms with Crippen LogP contribution in [0.15, 0.2) is 24.3 Å². The van der Waals surface area contributed by atoms with Crippen molar-refractivity contribution in [3.05, 3.63) is 35.0 Å². The van der Waals surface area contributed by atoms with Gasteiger partial charge in [0.2, 0.25) is 0 Å². The molecule has 0 aliphatic heterocycles. The van der Waals surface area contributed by atoms with Gasteiger partial charge in [-0.15, -0.1) is 11.3 Å². The van der Waals surface area contributed by atoms with E-state index in [-0.39, 0.29) is 5.82 Å². The number of fused-ring (bicyclic) bond motifs is 1. The molecule has 0 bridgehead atoms. The van der Waals surface area contributed by atoms with Gasteiger partial charge in [0, 0.05) is 15.6 Å². The molecule has 1 aromatic heterocycles. The number of rotatable bonds is 3. The molecule has 0 amide bonds. The lowest BCUT2D eigenvalue weighted by atomic mass is 9.91. The van der Waals surface area contributed by atoms with Crippen molar-refractivity contribution in [3.63, 3.8) is 0 Å². The summed E-state index contributed by atoms with van der Waals surface area (Å²) in [5, 5.41) is 4.67.